The minimum Gasteiger partial charge on any atom is -0.506 e. The highest BCUT2D eigenvalue weighted by molar-refractivity contribution is 6.31. The van der Waals surface area contributed by atoms with Crippen molar-refractivity contribution in [2.75, 3.05) is 13.2 Å². The topological polar surface area (TPSA) is 80.4 Å². The molecule has 0 aliphatic heterocycles. The van der Waals surface area contributed by atoms with Crippen LogP contribution in [0.5, 0.6) is 11.5 Å². The van der Waals surface area contributed by atoms with Gasteiger partial charge in [0.05, 0.1) is 6.61 Å². The summed E-state index contributed by atoms with van der Waals surface area (Å²) >= 11 is 5.98. The third-order valence-corrected chi connectivity index (χ3v) is 4.06. The van der Waals surface area contributed by atoms with Crippen molar-refractivity contribution in [3.05, 3.63) is 53.6 Å². The molecule has 126 valence electrons. The van der Waals surface area contributed by atoms with Crippen LogP contribution in [0.1, 0.15) is 0 Å². The summed E-state index contributed by atoms with van der Waals surface area (Å²) in [5.41, 5.74) is 1.79. The second kappa shape index (κ2) is 6.23. The molecule has 0 aliphatic rings. The van der Waals surface area contributed by atoms with E-state index < -0.39 is 0 Å². The normalized spacial score (nSPS) is 11.3. The Balaban J connectivity index is 1.82. The van der Waals surface area contributed by atoms with Gasteiger partial charge in [0.2, 0.25) is 0 Å². The number of aromatic nitrogens is 3. The molecule has 4 rings (SSSR count). The van der Waals surface area contributed by atoms with Gasteiger partial charge in [0.1, 0.15) is 34.8 Å². The molecule has 0 radical (unpaired) electrons. The highest BCUT2D eigenvalue weighted by Crippen LogP contribution is 2.30. The summed E-state index contributed by atoms with van der Waals surface area (Å²) in [4.78, 5) is 1.39. The number of ether oxygens (including phenoxy) is 1. The molecule has 6 nitrogen and oxygen atoms in total. The minimum atomic E-state index is -0.0504. The SMILES string of the molecule is OCCOc1ccc2cc(O)c(-n3nc4ccc(Cl)cc4n3)cc2c1. The Morgan fingerprint density at radius 3 is 2.64 bits per heavy atom. The maximum Gasteiger partial charge on any atom is 0.143 e. The minimum absolute atomic E-state index is 0.0504. The lowest BCUT2D eigenvalue weighted by molar-refractivity contribution is 0.201. The van der Waals surface area contributed by atoms with Crippen LogP contribution < -0.4 is 4.74 Å². The van der Waals surface area contributed by atoms with E-state index in [1.807, 2.05) is 12.1 Å². The van der Waals surface area contributed by atoms with Crippen molar-refractivity contribution >= 4 is 33.4 Å². The van der Waals surface area contributed by atoms with E-state index in [-0.39, 0.29) is 19.0 Å². The van der Waals surface area contributed by atoms with Gasteiger partial charge in [0.25, 0.3) is 0 Å². The van der Waals surface area contributed by atoms with Crippen LogP contribution in [-0.2, 0) is 0 Å². The van der Waals surface area contributed by atoms with Crippen LogP contribution >= 0.6 is 11.6 Å². The quantitative estimate of drug-likeness (QED) is 0.587. The lowest BCUT2D eigenvalue weighted by Gasteiger charge is -2.08. The standard InChI is InChI=1S/C18H14ClN3O3/c19-13-2-4-15-16(10-13)21-22(20-15)17-8-12-7-14(25-6-5-23)3-1-11(12)9-18(17)24/h1-4,7-10,23-24H,5-6H2. The fourth-order valence-electron chi connectivity index (χ4n) is 2.66. The lowest BCUT2D eigenvalue weighted by atomic mass is 10.1. The summed E-state index contributed by atoms with van der Waals surface area (Å²) in [6.07, 6.45) is 0. The van der Waals surface area contributed by atoms with Gasteiger partial charge < -0.3 is 14.9 Å². The van der Waals surface area contributed by atoms with E-state index in [1.165, 1.54) is 4.80 Å². The molecule has 0 amide bonds. The first-order valence-corrected chi connectivity index (χ1v) is 8.05. The van der Waals surface area contributed by atoms with Gasteiger partial charge >= 0.3 is 0 Å². The number of hydrogen-bond acceptors (Lipinski definition) is 5. The number of aliphatic hydroxyl groups excluding tert-OH is 1. The molecular formula is C18H14ClN3O3. The summed E-state index contributed by atoms with van der Waals surface area (Å²) in [5, 5.41) is 30.3. The molecule has 25 heavy (non-hydrogen) atoms. The molecule has 3 aromatic carbocycles. The van der Waals surface area contributed by atoms with Crippen LogP contribution in [-0.4, -0.2) is 38.4 Å². The number of fused-ring (bicyclic) bond motifs is 2. The van der Waals surface area contributed by atoms with Gasteiger partial charge in [0.15, 0.2) is 0 Å². The van der Waals surface area contributed by atoms with Gasteiger partial charge in [-0.25, -0.2) is 0 Å². The second-order valence-corrected chi connectivity index (χ2v) is 5.98. The summed E-state index contributed by atoms with van der Waals surface area (Å²) in [7, 11) is 0. The van der Waals surface area contributed by atoms with Gasteiger partial charge in [-0.3, -0.25) is 0 Å². The molecule has 2 N–H and O–H groups in total. The summed E-state index contributed by atoms with van der Waals surface area (Å²) < 4.78 is 5.44. The van der Waals surface area contributed by atoms with E-state index in [0.717, 1.165) is 10.8 Å². The number of phenolic OH excluding ortho intramolecular Hbond substituents is 1. The number of nitrogens with zero attached hydrogens (tertiary/aromatic N) is 3. The van der Waals surface area contributed by atoms with Crippen LogP contribution in [0.4, 0.5) is 0 Å². The smallest absolute Gasteiger partial charge is 0.143 e. The van der Waals surface area contributed by atoms with E-state index in [9.17, 15) is 5.11 Å². The van der Waals surface area contributed by atoms with Crippen molar-refractivity contribution in [3.8, 4) is 17.2 Å². The van der Waals surface area contributed by atoms with Crippen molar-refractivity contribution < 1.29 is 14.9 Å². The van der Waals surface area contributed by atoms with Gasteiger partial charge in [-0.1, -0.05) is 17.7 Å². The Bertz CT molecular complexity index is 1080. The maximum atomic E-state index is 10.4. The molecule has 0 unspecified atom stereocenters. The van der Waals surface area contributed by atoms with Crippen molar-refractivity contribution in [3.63, 3.8) is 0 Å². The number of hydrogen-bond donors (Lipinski definition) is 2. The van der Waals surface area contributed by atoms with Gasteiger partial charge in [-0.15, -0.1) is 15.0 Å². The third kappa shape index (κ3) is 2.97. The molecular weight excluding hydrogens is 342 g/mol. The van der Waals surface area contributed by atoms with Crippen molar-refractivity contribution in [2.45, 2.75) is 0 Å². The van der Waals surface area contributed by atoms with Crippen LogP contribution in [0.3, 0.4) is 0 Å². The van der Waals surface area contributed by atoms with Crippen molar-refractivity contribution in [1.29, 1.82) is 0 Å². The molecule has 0 saturated heterocycles. The highest BCUT2D eigenvalue weighted by atomic mass is 35.5. The first kappa shape index (κ1) is 15.7. The molecule has 0 saturated carbocycles. The summed E-state index contributed by atoms with van der Waals surface area (Å²) in [6.45, 7) is 0.175. The first-order valence-electron chi connectivity index (χ1n) is 7.67. The number of halogens is 1. The molecule has 0 aliphatic carbocycles. The van der Waals surface area contributed by atoms with Crippen LogP contribution in [0, 0.1) is 0 Å². The molecule has 0 spiro atoms. The van der Waals surface area contributed by atoms with Crippen molar-refractivity contribution in [2.24, 2.45) is 0 Å². The summed E-state index contributed by atoms with van der Waals surface area (Å²) in [5.74, 6) is 0.714. The van der Waals surface area contributed by atoms with Gasteiger partial charge in [-0.2, -0.15) is 0 Å². The number of aromatic hydroxyl groups is 1. The third-order valence-electron chi connectivity index (χ3n) is 3.82. The average Bonchev–Trinajstić information content (AvgIpc) is 3.02. The van der Waals surface area contributed by atoms with Gasteiger partial charge in [-0.05, 0) is 53.2 Å². The van der Waals surface area contributed by atoms with E-state index in [4.69, 9.17) is 21.4 Å². The highest BCUT2D eigenvalue weighted by Gasteiger charge is 2.11. The largest absolute Gasteiger partial charge is 0.506 e. The molecule has 0 atom stereocenters. The monoisotopic (exact) mass is 355 g/mol. The van der Waals surface area contributed by atoms with Crippen LogP contribution in [0.2, 0.25) is 5.02 Å². The Morgan fingerprint density at radius 1 is 0.960 bits per heavy atom. The van der Waals surface area contributed by atoms with Crippen molar-refractivity contribution in [1.82, 2.24) is 15.0 Å². The number of benzene rings is 3. The molecule has 4 aromatic rings. The maximum absolute atomic E-state index is 10.4. The second-order valence-electron chi connectivity index (χ2n) is 5.54. The van der Waals surface area contributed by atoms with E-state index in [0.29, 0.717) is 27.5 Å². The number of phenols is 1. The predicted molar refractivity (Wildman–Crippen MR) is 95.6 cm³/mol. The predicted octanol–water partition coefficient (Wildman–Crippen LogP) is 3.30. The fraction of sp³-hybridized carbons (Fsp3) is 0.111. The molecule has 7 heteroatoms. The average molecular weight is 356 g/mol. The van der Waals surface area contributed by atoms with E-state index in [1.54, 1.807) is 36.4 Å². The van der Waals surface area contributed by atoms with Gasteiger partial charge in [0, 0.05) is 5.02 Å². The Kier molecular flexibility index (Phi) is 3.91. The Hall–Kier alpha value is -2.83. The molecule has 0 bridgehead atoms. The number of rotatable bonds is 4. The Morgan fingerprint density at radius 2 is 1.80 bits per heavy atom. The van der Waals surface area contributed by atoms with E-state index >= 15 is 0 Å². The first-order chi connectivity index (χ1) is 12.1. The summed E-state index contributed by atoms with van der Waals surface area (Å²) in [6, 6.07) is 14.2. The lowest BCUT2D eigenvalue weighted by Crippen LogP contribution is -2.01. The Labute approximate surface area is 147 Å². The zero-order valence-electron chi connectivity index (χ0n) is 13.1. The fourth-order valence-corrected chi connectivity index (χ4v) is 2.83. The van der Waals surface area contributed by atoms with Crippen LogP contribution in [0.15, 0.2) is 48.5 Å². The van der Waals surface area contributed by atoms with Crippen LogP contribution in [0.25, 0.3) is 27.5 Å². The zero-order valence-corrected chi connectivity index (χ0v) is 13.8. The zero-order chi connectivity index (χ0) is 17.4. The number of aliphatic hydroxyl groups is 1. The molecule has 1 aromatic heterocycles. The molecule has 0 fully saturated rings. The molecule has 1 heterocycles. The van der Waals surface area contributed by atoms with E-state index in [2.05, 4.69) is 10.2 Å².